The Morgan fingerprint density at radius 3 is 2.00 bits per heavy atom. The van der Waals surface area contributed by atoms with E-state index in [0.29, 0.717) is 23.0 Å². The highest BCUT2D eigenvalue weighted by Crippen LogP contribution is 2.33. The molecule has 8 heteroatoms. The molecule has 4 rings (SSSR count). The number of nitrogens with zero attached hydrogens (tertiary/aromatic N) is 3. The third-order valence-corrected chi connectivity index (χ3v) is 7.16. The van der Waals surface area contributed by atoms with Crippen LogP contribution in [0.2, 0.25) is 0 Å². The number of carbonyl (C=O) groups excluding carboxylic acids is 1. The third-order valence-electron chi connectivity index (χ3n) is 5.94. The van der Waals surface area contributed by atoms with E-state index in [9.17, 15) is 4.79 Å². The number of thioether (sulfide) groups is 1. The van der Waals surface area contributed by atoms with Crippen LogP contribution in [0.1, 0.15) is 24.5 Å². The van der Waals surface area contributed by atoms with Crippen LogP contribution in [-0.2, 0) is 4.79 Å². The van der Waals surface area contributed by atoms with Crippen LogP contribution >= 0.6 is 11.8 Å². The fourth-order valence-electron chi connectivity index (χ4n) is 3.87. The molecule has 1 aromatic heterocycles. The van der Waals surface area contributed by atoms with Gasteiger partial charge in [-0.05, 0) is 80.4 Å². The number of rotatable bonds is 9. The zero-order valence-electron chi connectivity index (χ0n) is 21.6. The second-order valence-electron chi connectivity index (χ2n) is 8.57. The monoisotopic (exact) mass is 514 g/mol. The number of amides is 1. The molecule has 0 aliphatic rings. The van der Waals surface area contributed by atoms with E-state index in [1.807, 2.05) is 81.4 Å². The van der Waals surface area contributed by atoms with Crippen LogP contribution in [0.3, 0.4) is 0 Å². The number of anilines is 1. The first kappa shape index (κ1) is 26.2. The predicted molar refractivity (Wildman–Crippen MR) is 148 cm³/mol. The summed E-state index contributed by atoms with van der Waals surface area (Å²) in [5.74, 6) is 1.41. The van der Waals surface area contributed by atoms with E-state index in [4.69, 9.17) is 14.5 Å². The van der Waals surface area contributed by atoms with Gasteiger partial charge in [0, 0.05) is 16.8 Å². The van der Waals surface area contributed by atoms with Crippen LogP contribution in [0, 0.1) is 13.8 Å². The number of methoxy groups -OCH3 is 2. The molecule has 7 nitrogen and oxygen atoms in total. The highest BCUT2D eigenvalue weighted by atomic mass is 32.2. The van der Waals surface area contributed by atoms with Crippen molar-refractivity contribution in [3.8, 4) is 34.0 Å². The number of hydrogen-bond acceptors (Lipinski definition) is 7. The Balaban J connectivity index is 1.65. The largest absolute Gasteiger partial charge is 0.497 e. The number of nitrogens with one attached hydrogen (secondary N) is 1. The highest BCUT2D eigenvalue weighted by molar-refractivity contribution is 8.00. The minimum absolute atomic E-state index is 0.0896. The lowest BCUT2D eigenvalue weighted by molar-refractivity contribution is -0.115. The van der Waals surface area contributed by atoms with Crippen molar-refractivity contribution >= 4 is 23.4 Å². The molecule has 0 aliphatic carbocycles. The average molecular weight is 515 g/mol. The first-order chi connectivity index (χ1) is 17.9. The van der Waals surface area contributed by atoms with E-state index >= 15 is 0 Å². The van der Waals surface area contributed by atoms with Gasteiger partial charge < -0.3 is 14.8 Å². The van der Waals surface area contributed by atoms with Crippen molar-refractivity contribution in [2.75, 3.05) is 19.5 Å². The average Bonchev–Trinajstić information content (AvgIpc) is 2.93. The molecule has 190 valence electrons. The van der Waals surface area contributed by atoms with E-state index < -0.39 is 0 Å². The smallest absolute Gasteiger partial charge is 0.237 e. The van der Waals surface area contributed by atoms with Crippen LogP contribution in [0.25, 0.3) is 22.5 Å². The minimum Gasteiger partial charge on any atom is -0.497 e. The number of ether oxygens (including phenoxy) is 2. The fraction of sp³-hybridized carbons (Fsp3) is 0.241. The Bertz CT molecular complexity index is 1380. The van der Waals surface area contributed by atoms with Crippen molar-refractivity contribution in [2.45, 2.75) is 37.6 Å². The number of benzene rings is 3. The lowest BCUT2D eigenvalue weighted by atomic mass is 10.0. The van der Waals surface area contributed by atoms with Crippen LogP contribution < -0.4 is 14.8 Å². The summed E-state index contributed by atoms with van der Waals surface area (Å²) in [6, 6.07) is 21.2. The number of carbonyl (C=O) groups is 1. The van der Waals surface area contributed by atoms with Crippen molar-refractivity contribution in [1.29, 1.82) is 0 Å². The molecule has 0 aliphatic heterocycles. The van der Waals surface area contributed by atoms with Crippen molar-refractivity contribution in [3.05, 3.63) is 77.9 Å². The standard InChI is InChI=1S/C29H30N4O3S/c1-6-25(28(34)30-24-16-7-18(2)17-19(24)3)37-29-31-26(20-8-12-22(35-4)13-9-20)27(32-33-29)21-10-14-23(36-5)15-11-21/h7-17,25H,6H2,1-5H3,(H,30,34). The van der Waals surface area contributed by atoms with Crippen molar-refractivity contribution in [3.63, 3.8) is 0 Å². The quantitative estimate of drug-likeness (QED) is 0.261. The Labute approximate surface area is 221 Å². The van der Waals surface area contributed by atoms with Gasteiger partial charge >= 0.3 is 0 Å². The van der Waals surface area contributed by atoms with Gasteiger partial charge in [0.25, 0.3) is 0 Å². The van der Waals surface area contributed by atoms with E-state index in [0.717, 1.165) is 39.4 Å². The summed E-state index contributed by atoms with van der Waals surface area (Å²) in [4.78, 5) is 18.0. The summed E-state index contributed by atoms with van der Waals surface area (Å²) < 4.78 is 10.6. The van der Waals surface area contributed by atoms with Gasteiger partial charge in [0.15, 0.2) is 0 Å². The number of aryl methyl sites for hydroxylation is 2. The molecule has 0 spiro atoms. The van der Waals surface area contributed by atoms with Crippen LogP contribution in [0.4, 0.5) is 5.69 Å². The number of aromatic nitrogens is 3. The molecule has 1 atom stereocenters. The Morgan fingerprint density at radius 1 is 0.865 bits per heavy atom. The molecule has 0 saturated heterocycles. The van der Waals surface area contributed by atoms with Crippen molar-refractivity contribution in [2.24, 2.45) is 0 Å². The molecule has 0 radical (unpaired) electrons. The first-order valence-electron chi connectivity index (χ1n) is 12.0. The first-order valence-corrected chi connectivity index (χ1v) is 12.9. The molecule has 3 aromatic carbocycles. The summed E-state index contributed by atoms with van der Waals surface area (Å²) in [6.45, 7) is 6.00. The molecule has 37 heavy (non-hydrogen) atoms. The van der Waals surface area contributed by atoms with Gasteiger partial charge in [0.1, 0.15) is 22.9 Å². The van der Waals surface area contributed by atoms with Crippen LogP contribution in [0.5, 0.6) is 11.5 Å². The lowest BCUT2D eigenvalue weighted by Crippen LogP contribution is -2.25. The summed E-state index contributed by atoms with van der Waals surface area (Å²) in [7, 11) is 3.26. The molecule has 0 fully saturated rings. The normalized spacial score (nSPS) is 11.6. The molecule has 0 bridgehead atoms. The molecule has 1 unspecified atom stereocenters. The maximum Gasteiger partial charge on any atom is 0.237 e. The zero-order chi connectivity index (χ0) is 26.4. The van der Waals surface area contributed by atoms with Crippen molar-refractivity contribution in [1.82, 2.24) is 15.2 Å². The summed E-state index contributed by atoms with van der Waals surface area (Å²) in [6.07, 6.45) is 0.614. The van der Waals surface area contributed by atoms with Crippen LogP contribution in [-0.4, -0.2) is 40.6 Å². The molecular formula is C29H30N4O3S. The molecule has 1 heterocycles. The van der Waals surface area contributed by atoms with Gasteiger partial charge in [-0.15, -0.1) is 10.2 Å². The van der Waals surface area contributed by atoms with E-state index in [1.165, 1.54) is 11.8 Å². The molecular weight excluding hydrogens is 484 g/mol. The topological polar surface area (TPSA) is 86.2 Å². The van der Waals surface area contributed by atoms with Gasteiger partial charge in [0.05, 0.1) is 19.5 Å². The fourth-order valence-corrected chi connectivity index (χ4v) is 4.69. The van der Waals surface area contributed by atoms with Gasteiger partial charge in [-0.2, -0.15) is 0 Å². The maximum absolute atomic E-state index is 13.1. The predicted octanol–water partition coefficient (Wildman–Crippen LogP) is 6.35. The SMILES string of the molecule is CCC(Sc1nnc(-c2ccc(OC)cc2)c(-c2ccc(OC)cc2)n1)C(=O)Nc1ccc(C)cc1C. The molecule has 1 N–H and O–H groups in total. The zero-order valence-corrected chi connectivity index (χ0v) is 22.4. The van der Waals surface area contributed by atoms with Gasteiger partial charge in [0.2, 0.25) is 11.1 Å². The molecule has 0 saturated carbocycles. The van der Waals surface area contributed by atoms with Gasteiger partial charge in [-0.25, -0.2) is 4.98 Å². The molecule has 1 amide bonds. The third kappa shape index (κ3) is 6.27. The number of hydrogen-bond donors (Lipinski definition) is 1. The summed E-state index contributed by atoms with van der Waals surface area (Å²) in [5.41, 5.74) is 6.04. The Hall–Kier alpha value is -3.91. The Kier molecular flexibility index (Phi) is 8.40. The van der Waals surface area contributed by atoms with Gasteiger partial charge in [-0.3, -0.25) is 4.79 Å². The second kappa shape index (κ2) is 11.9. The summed E-state index contributed by atoms with van der Waals surface area (Å²) in [5, 5.41) is 12.0. The Morgan fingerprint density at radius 2 is 1.46 bits per heavy atom. The van der Waals surface area contributed by atoms with E-state index in [1.54, 1.807) is 14.2 Å². The van der Waals surface area contributed by atoms with Crippen LogP contribution in [0.15, 0.2) is 71.9 Å². The second-order valence-corrected chi connectivity index (χ2v) is 9.74. The van der Waals surface area contributed by atoms with Gasteiger partial charge in [-0.1, -0.05) is 36.4 Å². The van der Waals surface area contributed by atoms with E-state index in [-0.39, 0.29) is 11.2 Å². The lowest BCUT2D eigenvalue weighted by Gasteiger charge is -2.16. The molecule has 4 aromatic rings. The summed E-state index contributed by atoms with van der Waals surface area (Å²) >= 11 is 1.31. The highest BCUT2D eigenvalue weighted by Gasteiger charge is 2.22. The van der Waals surface area contributed by atoms with E-state index in [2.05, 4.69) is 21.6 Å². The minimum atomic E-state index is -0.377. The maximum atomic E-state index is 13.1. The van der Waals surface area contributed by atoms with Crippen molar-refractivity contribution < 1.29 is 14.3 Å².